The molecule has 32 heavy (non-hydrogen) atoms. The number of Topliss-reactive ketones (excluding diaryl/α,β-unsaturated/α-hetero) is 1. The van der Waals surface area contributed by atoms with Gasteiger partial charge in [0.2, 0.25) is 0 Å². The predicted molar refractivity (Wildman–Crippen MR) is 122 cm³/mol. The lowest BCUT2D eigenvalue weighted by molar-refractivity contribution is -0.132. The molecule has 2 aromatic carbocycles. The van der Waals surface area contributed by atoms with Crippen molar-refractivity contribution in [3.05, 3.63) is 87.8 Å². The van der Waals surface area contributed by atoms with Crippen molar-refractivity contribution in [2.24, 2.45) is 0 Å². The number of hydrogen-bond donors (Lipinski definition) is 1. The van der Waals surface area contributed by atoms with Gasteiger partial charge >= 0.3 is 0 Å². The van der Waals surface area contributed by atoms with Crippen LogP contribution in [0.4, 0.5) is 5.69 Å². The van der Waals surface area contributed by atoms with E-state index in [1.54, 1.807) is 36.4 Å². The molecule has 1 aliphatic rings. The van der Waals surface area contributed by atoms with Crippen LogP contribution in [0.1, 0.15) is 35.4 Å². The number of amides is 1. The van der Waals surface area contributed by atoms with E-state index < -0.39 is 17.7 Å². The van der Waals surface area contributed by atoms with E-state index >= 15 is 0 Å². The molecule has 1 saturated heterocycles. The fourth-order valence-corrected chi connectivity index (χ4v) is 4.09. The first kappa shape index (κ1) is 21.7. The van der Waals surface area contributed by atoms with Gasteiger partial charge in [-0.05, 0) is 68.3 Å². The average Bonchev–Trinajstić information content (AvgIpc) is 3.39. The number of halogens is 1. The Labute approximate surface area is 190 Å². The third-order valence-electron chi connectivity index (χ3n) is 5.60. The van der Waals surface area contributed by atoms with Crippen LogP contribution < -0.4 is 9.64 Å². The van der Waals surface area contributed by atoms with Crippen molar-refractivity contribution < 1.29 is 23.8 Å². The second-order valence-corrected chi connectivity index (χ2v) is 7.89. The first-order chi connectivity index (χ1) is 15.3. The highest BCUT2D eigenvalue weighted by atomic mass is 35.5. The van der Waals surface area contributed by atoms with E-state index in [0.29, 0.717) is 23.8 Å². The van der Waals surface area contributed by atoms with Gasteiger partial charge in [-0.1, -0.05) is 23.7 Å². The molecule has 0 radical (unpaired) electrons. The van der Waals surface area contributed by atoms with Gasteiger partial charge in [0, 0.05) is 11.3 Å². The van der Waals surface area contributed by atoms with E-state index in [1.165, 1.54) is 11.2 Å². The lowest BCUT2D eigenvalue weighted by atomic mass is 9.98. The van der Waals surface area contributed by atoms with Crippen LogP contribution >= 0.6 is 11.6 Å². The maximum Gasteiger partial charge on any atom is 0.300 e. The highest BCUT2D eigenvalue weighted by Gasteiger charge is 2.48. The van der Waals surface area contributed by atoms with Gasteiger partial charge in [-0.2, -0.15) is 0 Å². The number of aliphatic hydroxyl groups is 1. The van der Waals surface area contributed by atoms with Gasteiger partial charge in [0.05, 0.1) is 23.5 Å². The molecular formula is C25H22ClNO5. The summed E-state index contributed by atoms with van der Waals surface area (Å²) in [6.07, 6.45) is 1.46. The maximum atomic E-state index is 13.2. The standard InChI is InChI=1S/C25H22ClNO5/c1-4-31-16-10-11-18(26)17(13-16)23(28)21-22(20-9-6-12-32-20)27(25(30)24(21)29)19-8-5-7-14(2)15(19)3/h5-13,22,28H,4H2,1-3H3/b23-21-. The Morgan fingerprint density at radius 2 is 1.94 bits per heavy atom. The molecule has 1 fully saturated rings. The van der Waals surface area contributed by atoms with Crippen molar-refractivity contribution in [1.82, 2.24) is 0 Å². The fraction of sp³-hybridized carbons (Fsp3) is 0.200. The largest absolute Gasteiger partial charge is 0.507 e. The number of aryl methyl sites for hydroxylation is 1. The highest BCUT2D eigenvalue weighted by Crippen LogP contribution is 2.44. The summed E-state index contributed by atoms with van der Waals surface area (Å²) in [6, 6.07) is 12.7. The summed E-state index contributed by atoms with van der Waals surface area (Å²) in [5, 5.41) is 11.5. The van der Waals surface area contributed by atoms with Crippen LogP contribution in [-0.2, 0) is 9.59 Å². The summed E-state index contributed by atoms with van der Waals surface area (Å²) in [5.41, 5.74) is 2.49. The van der Waals surface area contributed by atoms with E-state index in [1.807, 2.05) is 32.9 Å². The first-order valence-corrected chi connectivity index (χ1v) is 10.6. The number of carbonyl (C=O) groups is 2. The van der Waals surface area contributed by atoms with Crippen molar-refractivity contribution >= 4 is 34.7 Å². The van der Waals surface area contributed by atoms with Crippen LogP contribution in [0.25, 0.3) is 5.76 Å². The molecule has 1 aromatic heterocycles. The minimum absolute atomic E-state index is 0.0959. The van der Waals surface area contributed by atoms with Crippen LogP contribution in [0.5, 0.6) is 5.75 Å². The molecule has 1 N–H and O–H groups in total. The van der Waals surface area contributed by atoms with Crippen molar-refractivity contribution in [3.63, 3.8) is 0 Å². The second kappa shape index (κ2) is 8.55. The number of carbonyl (C=O) groups excluding carboxylic acids is 2. The van der Waals surface area contributed by atoms with Crippen LogP contribution in [0.15, 0.2) is 64.8 Å². The van der Waals surface area contributed by atoms with E-state index in [0.717, 1.165) is 11.1 Å². The summed E-state index contributed by atoms with van der Waals surface area (Å²) >= 11 is 6.34. The Morgan fingerprint density at radius 3 is 2.62 bits per heavy atom. The molecule has 7 heteroatoms. The Hall–Kier alpha value is -3.51. The van der Waals surface area contributed by atoms with Crippen molar-refractivity contribution in [2.75, 3.05) is 11.5 Å². The third-order valence-corrected chi connectivity index (χ3v) is 5.93. The molecule has 1 aliphatic heterocycles. The van der Waals surface area contributed by atoms with Crippen LogP contribution in [0.3, 0.4) is 0 Å². The summed E-state index contributed by atoms with van der Waals surface area (Å²) < 4.78 is 11.1. The minimum atomic E-state index is -0.947. The van der Waals surface area contributed by atoms with E-state index in [-0.39, 0.29) is 21.9 Å². The Morgan fingerprint density at radius 1 is 1.16 bits per heavy atom. The van der Waals surface area contributed by atoms with E-state index in [9.17, 15) is 14.7 Å². The zero-order chi connectivity index (χ0) is 23.0. The van der Waals surface area contributed by atoms with Crippen molar-refractivity contribution in [1.29, 1.82) is 0 Å². The van der Waals surface area contributed by atoms with Crippen molar-refractivity contribution in [2.45, 2.75) is 26.8 Å². The number of aliphatic hydroxyl groups excluding tert-OH is 1. The number of ether oxygens (including phenoxy) is 1. The number of furan rings is 1. The Bertz CT molecular complexity index is 1230. The zero-order valence-corrected chi connectivity index (χ0v) is 18.6. The SMILES string of the molecule is CCOc1ccc(Cl)c(/C(O)=C2/C(=O)C(=O)N(c3cccc(C)c3C)C2c2ccco2)c1. The molecule has 0 saturated carbocycles. The molecule has 1 amide bonds. The Kier molecular flexibility index (Phi) is 5.80. The van der Waals surface area contributed by atoms with Gasteiger partial charge in [-0.3, -0.25) is 14.5 Å². The topological polar surface area (TPSA) is 80.0 Å². The van der Waals surface area contributed by atoms with Gasteiger partial charge < -0.3 is 14.3 Å². The highest BCUT2D eigenvalue weighted by molar-refractivity contribution is 6.52. The van der Waals surface area contributed by atoms with Crippen molar-refractivity contribution in [3.8, 4) is 5.75 Å². The zero-order valence-electron chi connectivity index (χ0n) is 17.9. The first-order valence-electron chi connectivity index (χ1n) is 10.2. The maximum absolute atomic E-state index is 13.2. The van der Waals surface area contributed by atoms with Gasteiger partial charge in [-0.15, -0.1) is 0 Å². The number of hydrogen-bond acceptors (Lipinski definition) is 5. The molecule has 164 valence electrons. The number of nitrogens with zero attached hydrogens (tertiary/aromatic N) is 1. The summed E-state index contributed by atoms with van der Waals surface area (Å²) in [5.74, 6) is -1.12. The molecule has 0 spiro atoms. The normalized spacial score (nSPS) is 17.8. The second-order valence-electron chi connectivity index (χ2n) is 7.48. The molecular weight excluding hydrogens is 430 g/mol. The van der Waals surface area contributed by atoms with E-state index in [2.05, 4.69) is 0 Å². The van der Waals surface area contributed by atoms with Gasteiger partial charge in [0.15, 0.2) is 0 Å². The van der Waals surface area contributed by atoms with Gasteiger partial charge in [-0.25, -0.2) is 0 Å². The fourth-order valence-electron chi connectivity index (χ4n) is 3.88. The third kappa shape index (κ3) is 3.56. The van der Waals surface area contributed by atoms with Crippen LogP contribution in [-0.4, -0.2) is 23.4 Å². The van der Waals surface area contributed by atoms with Crippen LogP contribution in [0.2, 0.25) is 5.02 Å². The molecule has 0 bridgehead atoms. The van der Waals surface area contributed by atoms with Crippen LogP contribution in [0, 0.1) is 13.8 Å². The molecule has 0 aliphatic carbocycles. The van der Waals surface area contributed by atoms with E-state index in [4.69, 9.17) is 20.8 Å². The Balaban J connectivity index is 1.96. The average molecular weight is 452 g/mol. The summed E-state index contributed by atoms with van der Waals surface area (Å²) in [4.78, 5) is 27.8. The molecule has 4 rings (SSSR count). The molecule has 3 aromatic rings. The minimum Gasteiger partial charge on any atom is -0.507 e. The molecule has 6 nitrogen and oxygen atoms in total. The number of benzene rings is 2. The predicted octanol–water partition coefficient (Wildman–Crippen LogP) is 5.57. The van der Waals surface area contributed by atoms with Gasteiger partial charge in [0.1, 0.15) is 23.3 Å². The number of anilines is 1. The summed E-state index contributed by atoms with van der Waals surface area (Å²) in [7, 11) is 0. The lowest BCUT2D eigenvalue weighted by Gasteiger charge is -2.25. The summed E-state index contributed by atoms with van der Waals surface area (Å²) in [6.45, 7) is 6.06. The number of rotatable bonds is 5. The molecule has 1 atom stereocenters. The number of ketones is 1. The monoisotopic (exact) mass is 451 g/mol. The smallest absolute Gasteiger partial charge is 0.300 e. The molecule has 2 heterocycles. The molecule has 1 unspecified atom stereocenters. The quantitative estimate of drug-likeness (QED) is 0.311. The van der Waals surface area contributed by atoms with Gasteiger partial charge in [0.25, 0.3) is 11.7 Å². The lowest BCUT2D eigenvalue weighted by Crippen LogP contribution is -2.30.